The summed E-state index contributed by atoms with van der Waals surface area (Å²) in [5, 5.41) is 14.8. The number of benzene rings is 1. The predicted molar refractivity (Wildman–Crippen MR) is 57.2 cm³/mol. The van der Waals surface area contributed by atoms with Gasteiger partial charge in [0.15, 0.2) is 0 Å². The predicted octanol–water partition coefficient (Wildman–Crippen LogP) is 0.559. The zero-order valence-corrected chi connectivity index (χ0v) is 8.70. The van der Waals surface area contributed by atoms with E-state index in [-0.39, 0.29) is 18.2 Å². The molecule has 0 aliphatic carbocycles. The Morgan fingerprint density at radius 2 is 2.27 bits per heavy atom. The molecule has 0 heterocycles. The molecule has 0 aliphatic rings. The molecule has 0 aliphatic heterocycles. The van der Waals surface area contributed by atoms with Crippen molar-refractivity contribution in [3.63, 3.8) is 0 Å². The van der Waals surface area contributed by atoms with Gasteiger partial charge in [0.25, 0.3) is 0 Å². The summed E-state index contributed by atoms with van der Waals surface area (Å²) in [4.78, 5) is 11.2. The van der Waals surface area contributed by atoms with Crippen LogP contribution in [0.15, 0.2) is 18.2 Å². The highest BCUT2D eigenvalue weighted by atomic mass is 16.5. The number of anilines is 1. The first-order valence-corrected chi connectivity index (χ1v) is 4.49. The molecule has 1 aromatic rings. The SMILES string of the molecule is CNCC(=O)Nc1ccc(OC)cc1O. The number of nitrogens with one attached hydrogen (secondary N) is 2. The second kappa shape index (κ2) is 5.21. The Kier molecular flexibility index (Phi) is 3.93. The monoisotopic (exact) mass is 210 g/mol. The Morgan fingerprint density at radius 1 is 1.53 bits per heavy atom. The lowest BCUT2D eigenvalue weighted by Gasteiger charge is -2.08. The normalized spacial score (nSPS) is 9.73. The Morgan fingerprint density at radius 3 is 2.80 bits per heavy atom. The largest absolute Gasteiger partial charge is 0.506 e. The smallest absolute Gasteiger partial charge is 0.238 e. The molecule has 0 spiro atoms. The lowest BCUT2D eigenvalue weighted by atomic mass is 10.2. The number of carbonyl (C=O) groups is 1. The first kappa shape index (κ1) is 11.3. The summed E-state index contributed by atoms with van der Waals surface area (Å²) in [6, 6.07) is 4.69. The van der Waals surface area contributed by atoms with Crippen molar-refractivity contribution >= 4 is 11.6 Å². The molecule has 1 rings (SSSR count). The van der Waals surface area contributed by atoms with E-state index in [0.717, 1.165) is 0 Å². The third-order valence-corrected chi connectivity index (χ3v) is 1.82. The molecule has 0 saturated heterocycles. The van der Waals surface area contributed by atoms with Crippen molar-refractivity contribution in [2.24, 2.45) is 0 Å². The number of hydrogen-bond acceptors (Lipinski definition) is 4. The van der Waals surface area contributed by atoms with Gasteiger partial charge in [-0.15, -0.1) is 0 Å². The highest BCUT2D eigenvalue weighted by Crippen LogP contribution is 2.27. The van der Waals surface area contributed by atoms with E-state index in [1.807, 2.05) is 0 Å². The molecule has 5 heteroatoms. The number of methoxy groups -OCH3 is 1. The van der Waals surface area contributed by atoms with Gasteiger partial charge in [-0.2, -0.15) is 0 Å². The molecule has 0 atom stereocenters. The van der Waals surface area contributed by atoms with E-state index in [4.69, 9.17) is 4.74 Å². The van der Waals surface area contributed by atoms with Gasteiger partial charge < -0.3 is 20.5 Å². The van der Waals surface area contributed by atoms with Crippen LogP contribution >= 0.6 is 0 Å². The van der Waals surface area contributed by atoms with Crippen LogP contribution in [-0.2, 0) is 4.79 Å². The summed E-state index contributed by atoms with van der Waals surface area (Å²) < 4.78 is 4.92. The lowest BCUT2D eigenvalue weighted by molar-refractivity contribution is -0.115. The van der Waals surface area contributed by atoms with Crippen LogP contribution < -0.4 is 15.4 Å². The zero-order valence-electron chi connectivity index (χ0n) is 8.70. The van der Waals surface area contributed by atoms with Crippen LogP contribution in [0.3, 0.4) is 0 Å². The summed E-state index contributed by atoms with van der Waals surface area (Å²) >= 11 is 0. The van der Waals surface area contributed by atoms with Crippen LogP contribution in [-0.4, -0.2) is 31.7 Å². The molecule has 0 radical (unpaired) electrons. The first-order chi connectivity index (χ1) is 7.17. The van der Waals surface area contributed by atoms with Crippen molar-refractivity contribution < 1.29 is 14.6 Å². The third kappa shape index (κ3) is 3.14. The van der Waals surface area contributed by atoms with E-state index in [9.17, 15) is 9.90 Å². The van der Waals surface area contributed by atoms with Crippen molar-refractivity contribution in [3.8, 4) is 11.5 Å². The van der Waals surface area contributed by atoms with Crippen molar-refractivity contribution in [1.82, 2.24) is 5.32 Å². The fraction of sp³-hybridized carbons (Fsp3) is 0.300. The number of aromatic hydroxyl groups is 1. The van der Waals surface area contributed by atoms with Crippen LogP contribution in [0.1, 0.15) is 0 Å². The fourth-order valence-electron chi connectivity index (χ4n) is 1.10. The summed E-state index contributed by atoms with van der Waals surface area (Å²) in [5.74, 6) is 0.316. The maximum absolute atomic E-state index is 11.2. The number of phenolic OH excluding ortho intramolecular Hbond substituents is 1. The van der Waals surface area contributed by atoms with Crippen LogP contribution in [0.2, 0.25) is 0 Å². The molecule has 0 bridgehead atoms. The number of likely N-dealkylation sites (N-methyl/N-ethyl adjacent to an activating group) is 1. The number of rotatable bonds is 4. The molecule has 5 nitrogen and oxygen atoms in total. The molecule has 0 aromatic heterocycles. The molecule has 3 N–H and O–H groups in total. The maximum Gasteiger partial charge on any atom is 0.238 e. The molecule has 0 saturated carbocycles. The van der Waals surface area contributed by atoms with Gasteiger partial charge in [-0.05, 0) is 19.2 Å². The Balaban J connectivity index is 2.73. The van der Waals surface area contributed by atoms with Gasteiger partial charge >= 0.3 is 0 Å². The van der Waals surface area contributed by atoms with Crippen molar-refractivity contribution in [1.29, 1.82) is 0 Å². The molecular weight excluding hydrogens is 196 g/mol. The van der Waals surface area contributed by atoms with Crippen molar-refractivity contribution in [2.75, 3.05) is 26.0 Å². The minimum absolute atomic E-state index is 0.0150. The van der Waals surface area contributed by atoms with E-state index < -0.39 is 0 Å². The van der Waals surface area contributed by atoms with Crippen LogP contribution in [0.5, 0.6) is 11.5 Å². The van der Waals surface area contributed by atoms with E-state index in [1.165, 1.54) is 13.2 Å². The van der Waals surface area contributed by atoms with Gasteiger partial charge in [0, 0.05) is 6.07 Å². The number of phenols is 1. The van der Waals surface area contributed by atoms with Crippen LogP contribution in [0.25, 0.3) is 0 Å². The first-order valence-electron chi connectivity index (χ1n) is 4.49. The van der Waals surface area contributed by atoms with Crippen molar-refractivity contribution in [2.45, 2.75) is 0 Å². The van der Waals surface area contributed by atoms with Crippen LogP contribution in [0, 0.1) is 0 Å². The molecule has 0 fully saturated rings. The quantitative estimate of drug-likeness (QED) is 0.635. The Labute approximate surface area is 88.1 Å². The molecule has 1 aromatic carbocycles. The summed E-state index contributed by atoms with van der Waals surface area (Å²) in [6.07, 6.45) is 0. The van der Waals surface area contributed by atoms with Crippen molar-refractivity contribution in [3.05, 3.63) is 18.2 Å². The minimum Gasteiger partial charge on any atom is -0.506 e. The standard InChI is InChI=1S/C10H14N2O3/c1-11-6-10(14)12-8-4-3-7(15-2)5-9(8)13/h3-5,11,13H,6H2,1-2H3,(H,12,14). The molecular formula is C10H14N2O3. The number of hydrogen-bond donors (Lipinski definition) is 3. The lowest BCUT2D eigenvalue weighted by Crippen LogP contribution is -2.25. The van der Waals surface area contributed by atoms with Gasteiger partial charge in [-0.3, -0.25) is 4.79 Å². The highest BCUT2D eigenvalue weighted by Gasteiger charge is 2.06. The second-order valence-electron chi connectivity index (χ2n) is 2.96. The van der Waals surface area contributed by atoms with Gasteiger partial charge in [0.05, 0.1) is 19.3 Å². The zero-order chi connectivity index (χ0) is 11.3. The molecule has 82 valence electrons. The topological polar surface area (TPSA) is 70.6 Å². The number of carbonyl (C=O) groups excluding carboxylic acids is 1. The minimum atomic E-state index is -0.210. The van der Waals surface area contributed by atoms with E-state index in [2.05, 4.69) is 10.6 Å². The average Bonchev–Trinajstić information content (AvgIpc) is 2.21. The van der Waals surface area contributed by atoms with E-state index in [0.29, 0.717) is 11.4 Å². The van der Waals surface area contributed by atoms with Gasteiger partial charge in [-0.25, -0.2) is 0 Å². The molecule has 0 unspecified atom stereocenters. The van der Waals surface area contributed by atoms with Gasteiger partial charge in [-0.1, -0.05) is 0 Å². The number of ether oxygens (including phenoxy) is 1. The van der Waals surface area contributed by atoms with E-state index in [1.54, 1.807) is 19.2 Å². The van der Waals surface area contributed by atoms with Gasteiger partial charge in [0.2, 0.25) is 5.91 Å². The van der Waals surface area contributed by atoms with E-state index >= 15 is 0 Å². The highest BCUT2D eigenvalue weighted by molar-refractivity contribution is 5.93. The molecule has 1 amide bonds. The van der Waals surface area contributed by atoms with Crippen LogP contribution in [0.4, 0.5) is 5.69 Å². The second-order valence-corrected chi connectivity index (χ2v) is 2.96. The summed E-state index contributed by atoms with van der Waals surface area (Å²) in [7, 11) is 3.18. The van der Waals surface area contributed by atoms with Gasteiger partial charge in [0.1, 0.15) is 11.5 Å². The summed E-state index contributed by atoms with van der Waals surface area (Å²) in [5.41, 5.74) is 0.371. The third-order valence-electron chi connectivity index (χ3n) is 1.82. The molecule has 15 heavy (non-hydrogen) atoms. The summed E-state index contributed by atoms with van der Waals surface area (Å²) in [6.45, 7) is 0.200. The number of amides is 1. The Bertz CT molecular complexity index is 353. The average molecular weight is 210 g/mol. The Hall–Kier alpha value is -1.75. The maximum atomic E-state index is 11.2. The fourth-order valence-corrected chi connectivity index (χ4v) is 1.10.